The maximum Gasteiger partial charge on any atom is 0.257 e. The molecular formula is C16H16N2OS. The summed E-state index contributed by atoms with van der Waals surface area (Å²) in [6.07, 6.45) is 0. The van der Waals surface area contributed by atoms with Gasteiger partial charge in [0.2, 0.25) is 0 Å². The highest BCUT2D eigenvalue weighted by molar-refractivity contribution is 7.99. The van der Waals surface area contributed by atoms with Gasteiger partial charge in [-0.05, 0) is 24.3 Å². The fourth-order valence-electron chi connectivity index (χ4n) is 1.93. The van der Waals surface area contributed by atoms with Crippen molar-refractivity contribution in [1.82, 2.24) is 4.98 Å². The number of nitrogens with zero attached hydrogens (tertiary/aromatic N) is 1. The van der Waals surface area contributed by atoms with Crippen molar-refractivity contribution >= 4 is 28.5 Å². The highest BCUT2D eigenvalue weighted by Crippen LogP contribution is 2.26. The first-order valence-corrected chi connectivity index (χ1v) is 7.50. The molecule has 0 saturated heterocycles. The van der Waals surface area contributed by atoms with Crippen molar-refractivity contribution in [1.29, 1.82) is 0 Å². The predicted molar refractivity (Wildman–Crippen MR) is 84.3 cm³/mol. The molecule has 3 nitrogen and oxygen atoms in total. The summed E-state index contributed by atoms with van der Waals surface area (Å²) in [5.74, 6) is 0. The van der Waals surface area contributed by atoms with Crippen LogP contribution in [0.2, 0.25) is 0 Å². The van der Waals surface area contributed by atoms with Gasteiger partial charge >= 0.3 is 0 Å². The minimum atomic E-state index is 0.378. The maximum absolute atomic E-state index is 5.71. The van der Waals surface area contributed by atoms with Gasteiger partial charge in [-0.2, -0.15) is 0 Å². The fourth-order valence-corrected chi connectivity index (χ4v) is 2.73. The van der Waals surface area contributed by atoms with E-state index in [9.17, 15) is 0 Å². The zero-order valence-corrected chi connectivity index (χ0v) is 12.1. The first-order valence-electron chi connectivity index (χ1n) is 6.62. The number of thioether (sulfide) groups is 1. The molecule has 0 aliphatic heterocycles. The van der Waals surface area contributed by atoms with Crippen LogP contribution in [0, 0.1) is 0 Å². The molecular weight excluding hydrogens is 268 g/mol. The first kappa shape index (κ1) is 13.1. The smallest absolute Gasteiger partial charge is 0.257 e. The monoisotopic (exact) mass is 284 g/mol. The molecule has 0 bridgehead atoms. The molecule has 0 saturated carbocycles. The van der Waals surface area contributed by atoms with Gasteiger partial charge in [0, 0.05) is 17.5 Å². The number of oxazole rings is 1. The molecule has 20 heavy (non-hydrogen) atoms. The Bertz CT molecular complexity index is 648. The van der Waals surface area contributed by atoms with Gasteiger partial charge in [-0.1, -0.05) is 49.0 Å². The van der Waals surface area contributed by atoms with E-state index in [-0.39, 0.29) is 0 Å². The Morgan fingerprint density at radius 1 is 1.10 bits per heavy atom. The molecule has 0 spiro atoms. The standard InChI is InChI=1S/C16H16N2OS/c1-12(11-17-13-7-3-2-4-8-13)20-16-18-14-9-5-6-10-15(14)19-16/h2-10,12,17H,11H2,1H3. The molecule has 1 atom stereocenters. The molecule has 0 aliphatic carbocycles. The second-order valence-corrected chi connectivity index (χ2v) is 6.01. The molecule has 3 rings (SSSR count). The topological polar surface area (TPSA) is 38.1 Å². The molecule has 2 aromatic carbocycles. The first-order chi connectivity index (χ1) is 9.81. The zero-order valence-electron chi connectivity index (χ0n) is 11.2. The lowest BCUT2D eigenvalue weighted by Gasteiger charge is -2.11. The molecule has 0 amide bonds. The summed E-state index contributed by atoms with van der Waals surface area (Å²) in [6, 6.07) is 18.0. The normalized spacial score (nSPS) is 12.4. The highest BCUT2D eigenvalue weighted by atomic mass is 32.2. The Kier molecular flexibility index (Phi) is 3.92. The Balaban J connectivity index is 1.59. The van der Waals surface area contributed by atoms with E-state index in [1.165, 1.54) is 0 Å². The van der Waals surface area contributed by atoms with E-state index in [0.29, 0.717) is 5.25 Å². The van der Waals surface area contributed by atoms with Crippen LogP contribution in [0.15, 0.2) is 64.2 Å². The quantitative estimate of drug-likeness (QED) is 0.704. The van der Waals surface area contributed by atoms with Crippen molar-refractivity contribution < 1.29 is 4.42 Å². The molecule has 0 fully saturated rings. The highest BCUT2D eigenvalue weighted by Gasteiger charge is 2.10. The van der Waals surface area contributed by atoms with Gasteiger partial charge < -0.3 is 9.73 Å². The van der Waals surface area contributed by atoms with Gasteiger partial charge in [0.15, 0.2) is 5.58 Å². The van der Waals surface area contributed by atoms with Crippen LogP contribution in [0.4, 0.5) is 5.69 Å². The second-order valence-electron chi connectivity index (χ2n) is 4.62. The van der Waals surface area contributed by atoms with Crippen LogP contribution in [-0.2, 0) is 0 Å². The number of rotatable bonds is 5. The number of benzene rings is 2. The van der Waals surface area contributed by atoms with Crippen molar-refractivity contribution in [2.24, 2.45) is 0 Å². The van der Waals surface area contributed by atoms with Crippen molar-refractivity contribution in [2.75, 3.05) is 11.9 Å². The third-order valence-electron chi connectivity index (χ3n) is 2.94. The third kappa shape index (κ3) is 3.14. The zero-order chi connectivity index (χ0) is 13.8. The van der Waals surface area contributed by atoms with Gasteiger partial charge in [-0.3, -0.25) is 0 Å². The van der Waals surface area contributed by atoms with E-state index in [0.717, 1.165) is 28.6 Å². The number of hydrogen-bond acceptors (Lipinski definition) is 4. The van der Waals surface area contributed by atoms with Crippen molar-refractivity contribution in [2.45, 2.75) is 17.4 Å². The van der Waals surface area contributed by atoms with Crippen LogP contribution in [-0.4, -0.2) is 16.8 Å². The number of hydrogen-bond donors (Lipinski definition) is 1. The van der Waals surface area contributed by atoms with Crippen molar-refractivity contribution in [3.63, 3.8) is 0 Å². The Morgan fingerprint density at radius 3 is 2.65 bits per heavy atom. The Hall–Kier alpha value is -1.94. The van der Waals surface area contributed by atoms with Gasteiger partial charge in [0.1, 0.15) is 5.52 Å². The van der Waals surface area contributed by atoms with E-state index in [1.807, 2.05) is 42.5 Å². The van der Waals surface area contributed by atoms with E-state index >= 15 is 0 Å². The van der Waals surface area contributed by atoms with Crippen LogP contribution in [0.25, 0.3) is 11.1 Å². The van der Waals surface area contributed by atoms with Crippen LogP contribution >= 0.6 is 11.8 Å². The van der Waals surface area contributed by atoms with Gasteiger partial charge in [0.25, 0.3) is 5.22 Å². The predicted octanol–water partition coefficient (Wildman–Crippen LogP) is 4.42. The van der Waals surface area contributed by atoms with Crippen LogP contribution in [0.5, 0.6) is 0 Å². The average molecular weight is 284 g/mol. The minimum Gasteiger partial charge on any atom is -0.431 e. The number of para-hydroxylation sites is 3. The largest absolute Gasteiger partial charge is 0.431 e. The van der Waals surface area contributed by atoms with Crippen molar-refractivity contribution in [3.8, 4) is 0 Å². The summed E-state index contributed by atoms with van der Waals surface area (Å²) >= 11 is 1.65. The SMILES string of the molecule is CC(CNc1ccccc1)Sc1nc2ccccc2o1. The molecule has 4 heteroatoms. The molecule has 102 valence electrons. The number of anilines is 1. The molecule has 1 aromatic heterocycles. The Morgan fingerprint density at radius 2 is 1.85 bits per heavy atom. The van der Waals surface area contributed by atoms with E-state index < -0.39 is 0 Å². The van der Waals surface area contributed by atoms with Gasteiger partial charge in [0.05, 0.1) is 0 Å². The second kappa shape index (κ2) is 6.01. The summed E-state index contributed by atoms with van der Waals surface area (Å²) in [7, 11) is 0. The summed E-state index contributed by atoms with van der Waals surface area (Å²) in [5.41, 5.74) is 2.90. The molecule has 1 heterocycles. The lowest BCUT2D eigenvalue weighted by atomic mass is 10.3. The van der Waals surface area contributed by atoms with E-state index in [2.05, 4.69) is 29.4 Å². The van der Waals surface area contributed by atoms with Crippen LogP contribution in [0.3, 0.4) is 0 Å². The summed E-state index contributed by atoms with van der Waals surface area (Å²) in [5, 5.41) is 4.52. The number of aromatic nitrogens is 1. The molecule has 3 aromatic rings. The molecule has 1 N–H and O–H groups in total. The van der Waals surface area contributed by atoms with Crippen molar-refractivity contribution in [3.05, 3.63) is 54.6 Å². The Labute approximate surface area is 122 Å². The average Bonchev–Trinajstić information content (AvgIpc) is 2.88. The van der Waals surface area contributed by atoms with Gasteiger partial charge in [-0.15, -0.1) is 0 Å². The lowest BCUT2D eigenvalue weighted by molar-refractivity contribution is 0.488. The summed E-state index contributed by atoms with van der Waals surface area (Å²) in [4.78, 5) is 4.48. The minimum absolute atomic E-state index is 0.378. The third-order valence-corrected chi connectivity index (χ3v) is 3.89. The van der Waals surface area contributed by atoms with E-state index in [1.54, 1.807) is 11.8 Å². The molecule has 0 aliphatic rings. The maximum atomic E-state index is 5.71. The van der Waals surface area contributed by atoms with E-state index in [4.69, 9.17) is 4.42 Å². The van der Waals surface area contributed by atoms with Crippen LogP contribution in [0.1, 0.15) is 6.92 Å². The van der Waals surface area contributed by atoms with Crippen LogP contribution < -0.4 is 5.32 Å². The molecule has 1 unspecified atom stereocenters. The summed E-state index contributed by atoms with van der Waals surface area (Å²) in [6.45, 7) is 3.03. The number of nitrogens with one attached hydrogen (secondary N) is 1. The summed E-state index contributed by atoms with van der Waals surface area (Å²) < 4.78 is 5.71. The fraction of sp³-hybridized carbons (Fsp3) is 0.188. The molecule has 0 radical (unpaired) electrons. The number of fused-ring (bicyclic) bond motifs is 1. The van der Waals surface area contributed by atoms with Gasteiger partial charge in [-0.25, -0.2) is 4.98 Å². The lowest BCUT2D eigenvalue weighted by Crippen LogP contribution is -2.12.